The summed E-state index contributed by atoms with van der Waals surface area (Å²) in [5, 5.41) is 10.6. The molecule has 0 aliphatic rings. The second-order valence-electron chi connectivity index (χ2n) is 29.7. The van der Waals surface area contributed by atoms with E-state index < -0.39 is 97.5 Å². The maximum absolute atomic E-state index is 13.1. The maximum atomic E-state index is 13.1. The van der Waals surface area contributed by atoms with E-state index in [4.69, 9.17) is 37.0 Å². The predicted octanol–water partition coefficient (Wildman–Crippen LogP) is 22.4. The smallest absolute Gasteiger partial charge is 0.462 e. The Morgan fingerprint density at radius 3 is 0.646 bits per heavy atom. The molecule has 96 heavy (non-hydrogen) atoms. The standard InChI is InChI=1S/C77H150O17P2/c1-67(2)53-45-37-29-21-15-12-10-9-11-13-17-25-35-43-51-59-76(81)93-72(63-87-74(79)57-49-41-33-24-20-19-23-31-39-47-55-69(5)6)65-91-95(83,84)89-61-71(78)62-90-96(85,86)92-66-73(64-88-75(80)58-50-42-34-28-27-32-40-48-56-70(7)8)94-77(82)60-52-44-36-26-18-14-16-22-30-38-46-54-68(3)4/h67-73,78H,9-66H2,1-8H3,(H,83,84)(H,85,86)/t71?,72-,73-/m1/s1. The Bertz CT molecular complexity index is 1880. The van der Waals surface area contributed by atoms with E-state index in [9.17, 15) is 43.2 Å². The minimum absolute atomic E-state index is 0.106. The van der Waals surface area contributed by atoms with Crippen molar-refractivity contribution in [3.63, 3.8) is 0 Å². The summed E-state index contributed by atoms with van der Waals surface area (Å²) in [4.78, 5) is 72.9. The van der Waals surface area contributed by atoms with E-state index in [1.165, 1.54) is 193 Å². The van der Waals surface area contributed by atoms with E-state index in [1.807, 2.05) is 0 Å². The van der Waals surface area contributed by atoms with Crippen LogP contribution in [0.4, 0.5) is 0 Å². The van der Waals surface area contributed by atoms with Crippen LogP contribution >= 0.6 is 15.6 Å². The second-order valence-corrected chi connectivity index (χ2v) is 32.6. The molecule has 17 nitrogen and oxygen atoms in total. The van der Waals surface area contributed by atoms with E-state index in [-0.39, 0.29) is 25.7 Å². The number of unbranched alkanes of at least 4 members (excludes halogenated alkanes) is 40. The van der Waals surface area contributed by atoms with Crippen LogP contribution in [0.2, 0.25) is 0 Å². The first kappa shape index (κ1) is 94.1. The number of ether oxygens (including phenoxy) is 4. The van der Waals surface area contributed by atoms with Gasteiger partial charge >= 0.3 is 39.5 Å². The summed E-state index contributed by atoms with van der Waals surface area (Å²) in [6.07, 6.45) is 51.3. The Morgan fingerprint density at radius 1 is 0.260 bits per heavy atom. The van der Waals surface area contributed by atoms with Gasteiger partial charge in [-0.1, -0.05) is 338 Å². The highest BCUT2D eigenvalue weighted by Gasteiger charge is 2.30. The molecule has 0 aliphatic carbocycles. The number of esters is 4. The summed E-state index contributed by atoms with van der Waals surface area (Å²) in [5.41, 5.74) is 0. The molecule has 0 spiro atoms. The lowest BCUT2D eigenvalue weighted by atomic mass is 10.0. The van der Waals surface area contributed by atoms with Gasteiger partial charge in [0.25, 0.3) is 0 Å². The Hall–Kier alpha value is -1.94. The first-order valence-corrected chi connectivity index (χ1v) is 42.7. The number of hydrogen-bond donors (Lipinski definition) is 3. The van der Waals surface area contributed by atoms with Gasteiger partial charge in [0.15, 0.2) is 12.2 Å². The van der Waals surface area contributed by atoms with Gasteiger partial charge in [-0.05, 0) is 49.4 Å². The lowest BCUT2D eigenvalue weighted by Crippen LogP contribution is -2.30. The van der Waals surface area contributed by atoms with Crippen molar-refractivity contribution in [2.45, 2.75) is 408 Å². The zero-order chi connectivity index (χ0) is 71.0. The molecule has 0 amide bonds. The van der Waals surface area contributed by atoms with E-state index in [0.29, 0.717) is 25.7 Å². The Morgan fingerprint density at radius 2 is 0.438 bits per heavy atom. The Labute approximate surface area is 588 Å². The molecular weight excluding hydrogens is 1260 g/mol. The van der Waals surface area contributed by atoms with Crippen LogP contribution in [0, 0.1) is 23.7 Å². The average molecular weight is 1410 g/mol. The molecule has 0 rings (SSSR count). The molecule has 19 heteroatoms. The molecule has 5 atom stereocenters. The van der Waals surface area contributed by atoms with Crippen LogP contribution in [0.25, 0.3) is 0 Å². The van der Waals surface area contributed by atoms with Crippen LogP contribution in [0.3, 0.4) is 0 Å². The summed E-state index contributed by atoms with van der Waals surface area (Å²) in [7, 11) is -9.92. The molecule has 0 heterocycles. The molecule has 0 aromatic carbocycles. The van der Waals surface area contributed by atoms with Crippen LogP contribution in [0.1, 0.15) is 389 Å². The van der Waals surface area contributed by atoms with E-state index in [0.717, 1.165) is 114 Å². The highest BCUT2D eigenvalue weighted by molar-refractivity contribution is 7.47. The fraction of sp³-hybridized carbons (Fsp3) is 0.948. The number of aliphatic hydroxyl groups is 1. The number of aliphatic hydroxyl groups excluding tert-OH is 1. The van der Waals surface area contributed by atoms with Gasteiger partial charge in [-0.15, -0.1) is 0 Å². The minimum Gasteiger partial charge on any atom is -0.462 e. The third-order valence-electron chi connectivity index (χ3n) is 17.8. The lowest BCUT2D eigenvalue weighted by Gasteiger charge is -2.21. The molecule has 3 N–H and O–H groups in total. The normalized spacial score (nSPS) is 14.1. The van der Waals surface area contributed by atoms with Gasteiger partial charge < -0.3 is 33.8 Å². The highest BCUT2D eigenvalue weighted by atomic mass is 31.2. The molecule has 0 aliphatic heterocycles. The summed E-state index contributed by atoms with van der Waals surface area (Å²) in [6.45, 7) is 14.2. The molecule has 3 unspecified atom stereocenters. The van der Waals surface area contributed by atoms with Crippen LogP contribution in [-0.4, -0.2) is 96.7 Å². The van der Waals surface area contributed by atoms with Crippen LogP contribution in [-0.2, 0) is 65.4 Å². The summed E-state index contributed by atoms with van der Waals surface area (Å²) < 4.78 is 68.6. The largest absolute Gasteiger partial charge is 0.472 e. The van der Waals surface area contributed by atoms with E-state index >= 15 is 0 Å². The van der Waals surface area contributed by atoms with Gasteiger partial charge in [-0.2, -0.15) is 0 Å². The van der Waals surface area contributed by atoms with Gasteiger partial charge in [-0.25, -0.2) is 9.13 Å². The number of rotatable bonds is 74. The number of phosphoric acid groups is 2. The topological polar surface area (TPSA) is 237 Å². The Balaban J connectivity index is 5.26. The van der Waals surface area contributed by atoms with Gasteiger partial charge in [0.05, 0.1) is 26.4 Å². The zero-order valence-electron chi connectivity index (χ0n) is 63.0. The lowest BCUT2D eigenvalue weighted by molar-refractivity contribution is -0.161. The Kier molecular flexibility index (Phi) is 65.0. The second kappa shape index (κ2) is 66.3. The zero-order valence-corrected chi connectivity index (χ0v) is 64.8. The van der Waals surface area contributed by atoms with E-state index in [2.05, 4.69) is 55.4 Å². The van der Waals surface area contributed by atoms with Gasteiger partial charge in [0.1, 0.15) is 19.3 Å². The molecule has 0 aromatic rings. The highest BCUT2D eigenvalue weighted by Crippen LogP contribution is 2.45. The quantitative estimate of drug-likeness (QED) is 0.0222. The van der Waals surface area contributed by atoms with Gasteiger partial charge in [0.2, 0.25) is 0 Å². The SMILES string of the molecule is CC(C)CCCCCCCCCCCCCCCCCC(=O)O[C@H](COC(=O)CCCCCCCCCCCCC(C)C)COP(=O)(O)OCC(O)COP(=O)(O)OC[C@@H](COC(=O)CCCCCCCCCCC(C)C)OC(=O)CCCCCCCCCCCCCC(C)C. The van der Waals surface area contributed by atoms with Crippen molar-refractivity contribution in [1.82, 2.24) is 0 Å². The predicted molar refractivity (Wildman–Crippen MR) is 391 cm³/mol. The number of phosphoric ester groups is 2. The maximum Gasteiger partial charge on any atom is 0.472 e. The first-order chi connectivity index (χ1) is 46.1. The van der Waals surface area contributed by atoms with Gasteiger partial charge in [-0.3, -0.25) is 37.3 Å². The number of carbonyl (C=O) groups excluding carboxylic acids is 4. The third kappa shape index (κ3) is 70.5. The van der Waals surface area contributed by atoms with Crippen molar-refractivity contribution in [3.05, 3.63) is 0 Å². The van der Waals surface area contributed by atoms with Crippen molar-refractivity contribution in [2.75, 3.05) is 39.6 Å². The number of carbonyl (C=O) groups is 4. The molecule has 0 saturated heterocycles. The van der Waals surface area contributed by atoms with Crippen molar-refractivity contribution < 1.29 is 80.2 Å². The summed E-state index contributed by atoms with van der Waals surface area (Å²) >= 11 is 0. The molecule has 0 aromatic heterocycles. The molecule has 570 valence electrons. The van der Waals surface area contributed by atoms with Crippen LogP contribution < -0.4 is 0 Å². The van der Waals surface area contributed by atoms with Crippen molar-refractivity contribution in [1.29, 1.82) is 0 Å². The fourth-order valence-electron chi connectivity index (χ4n) is 11.7. The minimum atomic E-state index is -4.96. The summed E-state index contributed by atoms with van der Waals surface area (Å²) in [5.74, 6) is 0.934. The van der Waals surface area contributed by atoms with Crippen molar-refractivity contribution >= 4 is 39.5 Å². The van der Waals surface area contributed by atoms with E-state index in [1.54, 1.807) is 0 Å². The van der Waals surface area contributed by atoms with Gasteiger partial charge in [0, 0.05) is 25.7 Å². The van der Waals surface area contributed by atoms with Crippen LogP contribution in [0.15, 0.2) is 0 Å². The fourth-order valence-corrected chi connectivity index (χ4v) is 13.3. The van der Waals surface area contributed by atoms with Crippen LogP contribution in [0.5, 0.6) is 0 Å². The molecule has 0 saturated carbocycles. The first-order valence-electron chi connectivity index (χ1n) is 39.7. The third-order valence-corrected chi connectivity index (χ3v) is 19.7. The van der Waals surface area contributed by atoms with Crippen molar-refractivity contribution in [2.24, 2.45) is 23.7 Å². The molecule has 0 bridgehead atoms. The monoisotopic (exact) mass is 1410 g/mol. The molecular formula is C77H150O17P2. The molecule has 0 fully saturated rings. The van der Waals surface area contributed by atoms with Crippen molar-refractivity contribution in [3.8, 4) is 0 Å². The average Bonchev–Trinajstić information content (AvgIpc) is 1.04. The summed E-state index contributed by atoms with van der Waals surface area (Å²) in [6, 6.07) is 0. The number of hydrogen-bond acceptors (Lipinski definition) is 15. The molecule has 0 radical (unpaired) electrons.